The second-order valence-electron chi connectivity index (χ2n) is 4.28. The molecule has 0 aliphatic rings. The number of para-hydroxylation sites is 1. The number of aliphatic carboxylic acids is 1. The minimum atomic E-state index is -0.884. The van der Waals surface area contributed by atoms with E-state index in [4.69, 9.17) is 9.84 Å². The highest BCUT2D eigenvalue weighted by Crippen LogP contribution is 2.24. The first-order chi connectivity index (χ1) is 9.04. The summed E-state index contributed by atoms with van der Waals surface area (Å²) in [5, 5.41) is 11.3. The van der Waals surface area contributed by atoms with Gasteiger partial charge in [0.1, 0.15) is 5.75 Å². The third kappa shape index (κ3) is 4.99. The number of hydrogen-bond donors (Lipinski definition) is 2. The second kappa shape index (κ2) is 7.41. The number of hydrogen-bond acceptors (Lipinski definition) is 3. The Morgan fingerprint density at radius 2 is 2.00 bits per heavy atom. The van der Waals surface area contributed by atoms with Crippen LogP contribution < -0.4 is 10.1 Å². The van der Waals surface area contributed by atoms with Gasteiger partial charge in [-0.15, -0.1) is 0 Å². The van der Waals surface area contributed by atoms with Crippen LogP contribution in [0.2, 0.25) is 0 Å². The van der Waals surface area contributed by atoms with E-state index < -0.39 is 5.97 Å². The molecular weight excluding hydrogens is 246 g/mol. The molecule has 1 aromatic rings. The molecule has 0 aliphatic carbocycles. The normalized spacial score (nSPS) is 11.7. The largest absolute Gasteiger partial charge is 0.496 e. The van der Waals surface area contributed by atoms with Gasteiger partial charge in [-0.2, -0.15) is 0 Å². The van der Waals surface area contributed by atoms with E-state index in [9.17, 15) is 9.59 Å². The van der Waals surface area contributed by atoms with Crippen LogP contribution in [0.5, 0.6) is 5.75 Å². The standard InChI is InChI=1S/C14H19NO4/c1-10(11-6-3-4-7-12(11)19-2)15-13(16)8-5-9-14(17)18/h3-4,6-7,10H,5,8-9H2,1-2H3,(H,15,16)(H,17,18). The second-order valence-corrected chi connectivity index (χ2v) is 4.28. The molecule has 1 amide bonds. The van der Waals surface area contributed by atoms with Crippen molar-refractivity contribution in [3.05, 3.63) is 29.8 Å². The van der Waals surface area contributed by atoms with Crippen molar-refractivity contribution >= 4 is 11.9 Å². The highest BCUT2D eigenvalue weighted by Gasteiger charge is 2.13. The van der Waals surface area contributed by atoms with Crippen molar-refractivity contribution in [1.82, 2.24) is 5.32 Å². The number of methoxy groups -OCH3 is 1. The Morgan fingerprint density at radius 3 is 2.63 bits per heavy atom. The third-order valence-electron chi connectivity index (χ3n) is 2.78. The number of carbonyl (C=O) groups excluding carboxylic acids is 1. The highest BCUT2D eigenvalue weighted by atomic mass is 16.5. The van der Waals surface area contributed by atoms with Gasteiger partial charge in [0.05, 0.1) is 13.2 Å². The molecule has 0 heterocycles. The van der Waals surface area contributed by atoms with E-state index in [2.05, 4.69) is 5.32 Å². The van der Waals surface area contributed by atoms with E-state index in [-0.39, 0.29) is 24.8 Å². The van der Waals surface area contributed by atoms with Crippen molar-refractivity contribution in [2.75, 3.05) is 7.11 Å². The number of amides is 1. The quantitative estimate of drug-likeness (QED) is 0.792. The SMILES string of the molecule is COc1ccccc1C(C)NC(=O)CCCC(=O)O. The fraction of sp³-hybridized carbons (Fsp3) is 0.429. The predicted molar refractivity (Wildman–Crippen MR) is 71.0 cm³/mol. The topological polar surface area (TPSA) is 75.6 Å². The maximum atomic E-state index is 11.7. The molecule has 5 nitrogen and oxygen atoms in total. The van der Waals surface area contributed by atoms with E-state index in [1.54, 1.807) is 7.11 Å². The lowest BCUT2D eigenvalue weighted by Crippen LogP contribution is -2.26. The van der Waals surface area contributed by atoms with Crippen LogP contribution in [-0.2, 0) is 9.59 Å². The van der Waals surface area contributed by atoms with Gasteiger partial charge in [-0.25, -0.2) is 0 Å². The summed E-state index contributed by atoms with van der Waals surface area (Å²) >= 11 is 0. The van der Waals surface area contributed by atoms with Crippen LogP contribution in [0.25, 0.3) is 0 Å². The number of carboxylic acids is 1. The first-order valence-corrected chi connectivity index (χ1v) is 6.18. The molecule has 0 radical (unpaired) electrons. The summed E-state index contributed by atoms with van der Waals surface area (Å²) in [6, 6.07) is 7.30. The van der Waals surface area contributed by atoms with Crippen molar-refractivity contribution in [1.29, 1.82) is 0 Å². The number of rotatable bonds is 7. The smallest absolute Gasteiger partial charge is 0.303 e. The first kappa shape index (κ1) is 15.0. The van der Waals surface area contributed by atoms with Crippen LogP contribution in [0, 0.1) is 0 Å². The molecule has 0 spiro atoms. The molecule has 1 rings (SSSR count). The summed E-state index contributed by atoms with van der Waals surface area (Å²) in [7, 11) is 1.58. The fourth-order valence-electron chi connectivity index (χ4n) is 1.82. The number of carboxylic acid groups (broad SMARTS) is 1. The summed E-state index contributed by atoms with van der Waals surface area (Å²) < 4.78 is 5.23. The molecule has 0 saturated carbocycles. The zero-order valence-corrected chi connectivity index (χ0v) is 11.2. The lowest BCUT2D eigenvalue weighted by molar-refractivity contribution is -0.137. The molecule has 0 aliphatic heterocycles. The van der Waals surface area contributed by atoms with Crippen molar-refractivity contribution in [3.63, 3.8) is 0 Å². The molecule has 104 valence electrons. The summed E-state index contributed by atoms with van der Waals surface area (Å²) in [6.07, 6.45) is 0.571. The molecule has 1 unspecified atom stereocenters. The van der Waals surface area contributed by atoms with E-state index >= 15 is 0 Å². The molecule has 0 aromatic heterocycles. The Morgan fingerprint density at radius 1 is 1.32 bits per heavy atom. The first-order valence-electron chi connectivity index (χ1n) is 6.18. The summed E-state index contributed by atoms with van der Waals surface area (Å²) in [5.41, 5.74) is 0.900. The van der Waals surface area contributed by atoms with Crippen molar-refractivity contribution < 1.29 is 19.4 Å². The van der Waals surface area contributed by atoms with E-state index in [0.29, 0.717) is 6.42 Å². The number of benzene rings is 1. The van der Waals surface area contributed by atoms with Gasteiger partial charge in [-0.1, -0.05) is 18.2 Å². The zero-order valence-electron chi connectivity index (χ0n) is 11.2. The molecule has 2 N–H and O–H groups in total. The average Bonchev–Trinajstić information content (AvgIpc) is 2.38. The lowest BCUT2D eigenvalue weighted by Gasteiger charge is -2.17. The van der Waals surface area contributed by atoms with Crippen molar-refractivity contribution in [3.8, 4) is 5.75 Å². The molecule has 0 fully saturated rings. The van der Waals surface area contributed by atoms with Crippen LogP contribution in [0.4, 0.5) is 0 Å². The van der Waals surface area contributed by atoms with E-state index in [1.165, 1.54) is 0 Å². The van der Waals surface area contributed by atoms with Gasteiger partial charge in [0.15, 0.2) is 0 Å². The zero-order chi connectivity index (χ0) is 14.3. The van der Waals surface area contributed by atoms with Gasteiger partial charge in [0.25, 0.3) is 0 Å². The van der Waals surface area contributed by atoms with Gasteiger partial charge >= 0.3 is 5.97 Å². The minimum Gasteiger partial charge on any atom is -0.496 e. The Hall–Kier alpha value is -2.04. The predicted octanol–water partition coefficient (Wildman–Crippen LogP) is 2.13. The highest BCUT2D eigenvalue weighted by molar-refractivity contribution is 5.77. The Bertz CT molecular complexity index is 445. The third-order valence-corrected chi connectivity index (χ3v) is 2.78. The van der Waals surface area contributed by atoms with E-state index in [0.717, 1.165) is 11.3 Å². The Balaban J connectivity index is 2.52. The van der Waals surface area contributed by atoms with E-state index in [1.807, 2.05) is 31.2 Å². The van der Waals surface area contributed by atoms with Crippen molar-refractivity contribution in [2.24, 2.45) is 0 Å². The Labute approximate surface area is 112 Å². The maximum absolute atomic E-state index is 11.7. The molecule has 0 bridgehead atoms. The summed E-state index contributed by atoms with van der Waals surface area (Å²) in [4.78, 5) is 22.0. The summed E-state index contributed by atoms with van der Waals surface area (Å²) in [6.45, 7) is 1.87. The molecule has 5 heteroatoms. The van der Waals surface area contributed by atoms with Gasteiger partial charge in [-0.05, 0) is 19.4 Å². The number of carbonyl (C=O) groups is 2. The minimum absolute atomic E-state index is 0.0104. The number of ether oxygens (including phenoxy) is 1. The van der Waals surface area contributed by atoms with Gasteiger partial charge in [-0.3, -0.25) is 9.59 Å². The lowest BCUT2D eigenvalue weighted by atomic mass is 10.1. The average molecular weight is 265 g/mol. The maximum Gasteiger partial charge on any atom is 0.303 e. The van der Waals surface area contributed by atoms with Crippen LogP contribution >= 0.6 is 0 Å². The van der Waals surface area contributed by atoms with Crippen LogP contribution in [0.15, 0.2) is 24.3 Å². The summed E-state index contributed by atoms with van der Waals surface area (Å²) in [5.74, 6) is -0.314. The number of nitrogens with one attached hydrogen (secondary N) is 1. The molecule has 0 saturated heterocycles. The van der Waals surface area contributed by atoms with Crippen molar-refractivity contribution in [2.45, 2.75) is 32.2 Å². The monoisotopic (exact) mass is 265 g/mol. The van der Waals surface area contributed by atoms with Gasteiger partial charge in [0.2, 0.25) is 5.91 Å². The van der Waals surface area contributed by atoms with Crippen LogP contribution in [0.3, 0.4) is 0 Å². The van der Waals surface area contributed by atoms with Gasteiger partial charge in [0, 0.05) is 18.4 Å². The Kier molecular flexibility index (Phi) is 5.85. The van der Waals surface area contributed by atoms with Crippen LogP contribution in [0.1, 0.15) is 37.8 Å². The molecule has 19 heavy (non-hydrogen) atoms. The molecule has 1 atom stereocenters. The molecule has 1 aromatic carbocycles. The van der Waals surface area contributed by atoms with Crippen LogP contribution in [-0.4, -0.2) is 24.1 Å². The van der Waals surface area contributed by atoms with Gasteiger partial charge < -0.3 is 15.2 Å². The molecular formula is C14H19NO4. The fourth-order valence-corrected chi connectivity index (χ4v) is 1.82.